The van der Waals surface area contributed by atoms with E-state index in [1.807, 2.05) is 0 Å². The summed E-state index contributed by atoms with van der Waals surface area (Å²) < 4.78 is 4.36. The van der Waals surface area contributed by atoms with Gasteiger partial charge in [0.05, 0.1) is 22.1 Å². The number of nitrogens with zero attached hydrogens (tertiary/aromatic N) is 5. The van der Waals surface area contributed by atoms with Crippen molar-refractivity contribution in [1.29, 1.82) is 0 Å². The second-order valence-electron chi connectivity index (χ2n) is 12.5. The largest absolute Gasteiger partial charge is 0.278 e. The minimum absolute atomic E-state index is 0.583. The summed E-state index contributed by atoms with van der Waals surface area (Å²) in [6.07, 6.45) is 0. The molecule has 5 nitrogen and oxygen atoms in total. The molecule has 222 valence electrons. The van der Waals surface area contributed by atoms with Crippen molar-refractivity contribution in [2.45, 2.75) is 0 Å². The molecule has 0 saturated heterocycles. The smallest absolute Gasteiger partial charge is 0.240 e. The summed E-state index contributed by atoms with van der Waals surface area (Å²) in [5.74, 6) is 1.79. The maximum Gasteiger partial charge on any atom is 0.240 e. The first kappa shape index (κ1) is 25.6. The Morgan fingerprint density at radius 3 is 1.15 bits per heavy atom. The monoisotopic (exact) mass is 611 g/mol. The SMILES string of the molecule is c1cc2ccc3cc(-c4nc(-n5c6ccccc6c6ccccc65)nc(-n5c6ccccc6c6ccccc65)n4)cc4ccc(c1)c2c34. The van der Waals surface area contributed by atoms with Crippen molar-refractivity contribution in [3.05, 3.63) is 152 Å². The highest BCUT2D eigenvalue weighted by atomic mass is 15.3. The Labute approximate surface area is 274 Å². The topological polar surface area (TPSA) is 48.5 Å². The predicted octanol–water partition coefficient (Wildman–Crippen LogP) is 10.6. The Bertz CT molecular complexity index is 2770. The maximum atomic E-state index is 5.29. The van der Waals surface area contributed by atoms with Gasteiger partial charge in [0.1, 0.15) is 0 Å². The summed E-state index contributed by atoms with van der Waals surface area (Å²) in [6.45, 7) is 0. The summed E-state index contributed by atoms with van der Waals surface area (Å²) in [7, 11) is 0. The molecule has 8 aromatic carbocycles. The van der Waals surface area contributed by atoms with Gasteiger partial charge in [0, 0.05) is 27.1 Å². The molecule has 0 atom stereocenters. The number of fused-ring (bicyclic) bond motifs is 6. The zero-order chi connectivity index (χ0) is 31.3. The number of rotatable bonds is 3. The quantitative estimate of drug-likeness (QED) is 0.187. The Kier molecular flexibility index (Phi) is 5.05. The van der Waals surface area contributed by atoms with Gasteiger partial charge in [-0.3, -0.25) is 9.13 Å². The molecule has 0 saturated carbocycles. The lowest BCUT2D eigenvalue weighted by molar-refractivity contribution is 0.893. The third kappa shape index (κ3) is 3.47. The molecular weight excluding hydrogens is 587 g/mol. The second kappa shape index (κ2) is 9.47. The van der Waals surface area contributed by atoms with Crippen molar-refractivity contribution >= 4 is 75.9 Å². The molecule has 0 bridgehead atoms. The van der Waals surface area contributed by atoms with Crippen LogP contribution in [0.25, 0.3) is 99.2 Å². The summed E-state index contributed by atoms with van der Waals surface area (Å²) in [4.78, 5) is 15.8. The summed E-state index contributed by atoms with van der Waals surface area (Å²) in [5.41, 5.74) is 5.17. The first-order valence-corrected chi connectivity index (χ1v) is 16.2. The molecular formula is C43H25N5. The van der Waals surface area contributed by atoms with Crippen molar-refractivity contribution in [2.24, 2.45) is 0 Å². The molecule has 0 spiro atoms. The highest BCUT2D eigenvalue weighted by molar-refractivity contribution is 6.23. The number of hydrogen-bond acceptors (Lipinski definition) is 3. The Morgan fingerprint density at radius 1 is 0.333 bits per heavy atom. The van der Waals surface area contributed by atoms with Crippen LogP contribution in [0.15, 0.2) is 152 Å². The van der Waals surface area contributed by atoms with Gasteiger partial charge in [-0.05, 0) is 68.7 Å². The van der Waals surface area contributed by atoms with Crippen molar-refractivity contribution in [3.63, 3.8) is 0 Å². The van der Waals surface area contributed by atoms with E-state index in [-0.39, 0.29) is 0 Å². The lowest BCUT2D eigenvalue weighted by Gasteiger charge is -2.14. The van der Waals surface area contributed by atoms with Crippen LogP contribution in [0, 0.1) is 0 Å². The van der Waals surface area contributed by atoms with Crippen LogP contribution in [0.4, 0.5) is 0 Å². The first-order chi connectivity index (χ1) is 23.8. The molecule has 5 heteroatoms. The molecule has 3 aromatic heterocycles. The van der Waals surface area contributed by atoms with Crippen LogP contribution >= 0.6 is 0 Å². The van der Waals surface area contributed by atoms with E-state index in [2.05, 4.69) is 161 Å². The third-order valence-electron chi connectivity index (χ3n) is 9.89. The van der Waals surface area contributed by atoms with Crippen LogP contribution in [0.2, 0.25) is 0 Å². The lowest BCUT2D eigenvalue weighted by atomic mass is 9.93. The minimum Gasteiger partial charge on any atom is -0.278 e. The standard InChI is InChI=1S/C43H25N5/c1-5-16-35-31(12-1)32-13-2-6-17-36(32)47(35)42-44-41(30-24-28-22-20-26-10-9-11-27-21-23-29(25-30)40(28)39(26)27)45-43(46-42)48-37-18-7-3-14-33(37)34-15-4-8-19-38(34)48/h1-25H. The molecule has 0 aliphatic heterocycles. The summed E-state index contributed by atoms with van der Waals surface area (Å²) >= 11 is 0. The van der Waals surface area contributed by atoms with Crippen LogP contribution in [-0.4, -0.2) is 24.1 Å². The predicted molar refractivity (Wildman–Crippen MR) is 198 cm³/mol. The van der Waals surface area contributed by atoms with E-state index in [0.717, 1.165) is 49.2 Å². The van der Waals surface area contributed by atoms with Gasteiger partial charge < -0.3 is 0 Å². The molecule has 0 unspecified atom stereocenters. The third-order valence-corrected chi connectivity index (χ3v) is 9.89. The lowest BCUT2D eigenvalue weighted by Crippen LogP contribution is -2.10. The zero-order valence-corrected chi connectivity index (χ0v) is 25.7. The van der Waals surface area contributed by atoms with E-state index in [4.69, 9.17) is 15.0 Å². The van der Waals surface area contributed by atoms with Gasteiger partial charge in [-0.25, -0.2) is 0 Å². The number of para-hydroxylation sites is 4. The van der Waals surface area contributed by atoms with E-state index in [1.165, 1.54) is 32.3 Å². The highest BCUT2D eigenvalue weighted by Gasteiger charge is 2.21. The van der Waals surface area contributed by atoms with E-state index in [0.29, 0.717) is 17.7 Å². The van der Waals surface area contributed by atoms with Gasteiger partial charge in [0.25, 0.3) is 0 Å². The fraction of sp³-hybridized carbons (Fsp3) is 0. The molecule has 0 fully saturated rings. The Balaban J connectivity index is 1.26. The second-order valence-corrected chi connectivity index (χ2v) is 12.5. The van der Waals surface area contributed by atoms with Crippen molar-refractivity contribution < 1.29 is 0 Å². The molecule has 11 rings (SSSR count). The van der Waals surface area contributed by atoms with Gasteiger partial charge in [0.15, 0.2) is 5.82 Å². The van der Waals surface area contributed by atoms with Crippen LogP contribution < -0.4 is 0 Å². The molecule has 0 N–H and O–H groups in total. The molecule has 0 aliphatic carbocycles. The van der Waals surface area contributed by atoms with E-state index in [1.54, 1.807) is 0 Å². The van der Waals surface area contributed by atoms with Gasteiger partial charge in [0.2, 0.25) is 11.9 Å². The van der Waals surface area contributed by atoms with E-state index in [9.17, 15) is 0 Å². The van der Waals surface area contributed by atoms with Crippen molar-refractivity contribution in [2.75, 3.05) is 0 Å². The number of aromatic nitrogens is 5. The van der Waals surface area contributed by atoms with Gasteiger partial charge in [-0.1, -0.05) is 115 Å². The van der Waals surface area contributed by atoms with Crippen LogP contribution in [0.1, 0.15) is 0 Å². The summed E-state index contributed by atoms with van der Waals surface area (Å²) in [6, 6.07) is 53.8. The fourth-order valence-electron chi connectivity index (χ4n) is 7.84. The van der Waals surface area contributed by atoms with E-state index < -0.39 is 0 Å². The van der Waals surface area contributed by atoms with Gasteiger partial charge in [-0.15, -0.1) is 0 Å². The molecule has 11 aromatic rings. The fourth-order valence-corrected chi connectivity index (χ4v) is 7.84. The highest BCUT2D eigenvalue weighted by Crippen LogP contribution is 2.38. The average Bonchev–Trinajstić information content (AvgIpc) is 3.67. The van der Waals surface area contributed by atoms with E-state index >= 15 is 0 Å². The minimum atomic E-state index is 0.583. The van der Waals surface area contributed by atoms with Crippen molar-refractivity contribution in [1.82, 2.24) is 24.1 Å². The van der Waals surface area contributed by atoms with Crippen LogP contribution in [0.5, 0.6) is 0 Å². The van der Waals surface area contributed by atoms with Crippen molar-refractivity contribution in [3.8, 4) is 23.3 Å². The Morgan fingerprint density at radius 2 is 0.708 bits per heavy atom. The number of hydrogen-bond donors (Lipinski definition) is 0. The normalized spacial score (nSPS) is 12.2. The Hall–Kier alpha value is -6.59. The molecule has 0 radical (unpaired) electrons. The summed E-state index contributed by atoms with van der Waals surface area (Å²) in [5, 5.41) is 12.1. The first-order valence-electron chi connectivity index (χ1n) is 16.2. The maximum absolute atomic E-state index is 5.29. The van der Waals surface area contributed by atoms with Gasteiger partial charge >= 0.3 is 0 Å². The molecule has 0 amide bonds. The molecule has 0 aliphatic rings. The van der Waals surface area contributed by atoms with Crippen LogP contribution in [0.3, 0.4) is 0 Å². The average molecular weight is 612 g/mol. The number of benzene rings is 8. The zero-order valence-electron chi connectivity index (χ0n) is 25.7. The van der Waals surface area contributed by atoms with Crippen LogP contribution in [-0.2, 0) is 0 Å². The molecule has 3 heterocycles. The van der Waals surface area contributed by atoms with Gasteiger partial charge in [-0.2, -0.15) is 15.0 Å². The molecule has 48 heavy (non-hydrogen) atoms.